The summed E-state index contributed by atoms with van der Waals surface area (Å²) in [5.41, 5.74) is 0. The van der Waals surface area contributed by atoms with Gasteiger partial charge in [0.05, 0.1) is 18.8 Å². The summed E-state index contributed by atoms with van der Waals surface area (Å²) in [6.45, 7) is 6.75. The van der Waals surface area contributed by atoms with Crippen LogP contribution in [-0.2, 0) is 4.74 Å². The van der Waals surface area contributed by atoms with E-state index in [0.29, 0.717) is 6.61 Å². The van der Waals surface area contributed by atoms with Crippen molar-refractivity contribution in [2.75, 3.05) is 18.1 Å². The number of rotatable bonds is 16. The standard InChI is InChI=1S/C18H38O2S/c1-4-5-6-7-8-9-10-11-12-13-14-21-16-18(19)15-20-17(2)3/h17-19H,4-16H2,1-3H3. The van der Waals surface area contributed by atoms with E-state index in [-0.39, 0.29) is 12.2 Å². The summed E-state index contributed by atoms with van der Waals surface area (Å²) in [6, 6.07) is 0. The fourth-order valence-corrected chi connectivity index (χ4v) is 3.21. The smallest absolute Gasteiger partial charge is 0.0863 e. The molecule has 0 aromatic rings. The van der Waals surface area contributed by atoms with Crippen LogP contribution in [0.25, 0.3) is 0 Å². The van der Waals surface area contributed by atoms with E-state index in [2.05, 4.69) is 6.92 Å². The third kappa shape index (κ3) is 18.2. The van der Waals surface area contributed by atoms with Gasteiger partial charge in [0.2, 0.25) is 0 Å². The highest BCUT2D eigenvalue weighted by Gasteiger charge is 2.05. The van der Waals surface area contributed by atoms with Crippen molar-refractivity contribution in [2.45, 2.75) is 97.2 Å². The first-order valence-electron chi connectivity index (χ1n) is 9.04. The summed E-state index contributed by atoms with van der Waals surface area (Å²) in [6.07, 6.45) is 13.8. The highest BCUT2D eigenvalue weighted by Crippen LogP contribution is 2.13. The van der Waals surface area contributed by atoms with Gasteiger partial charge >= 0.3 is 0 Å². The quantitative estimate of drug-likeness (QED) is 0.385. The highest BCUT2D eigenvalue weighted by atomic mass is 32.2. The third-order valence-electron chi connectivity index (χ3n) is 3.57. The summed E-state index contributed by atoms with van der Waals surface area (Å²) < 4.78 is 5.40. The van der Waals surface area contributed by atoms with Gasteiger partial charge < -0.3 is 9.84 Å². The Morgan fingerprint density at radius 3 is 1.90 bits per heavy atom. The maximum absolute atomic E-state index is 9.71. The molecular formula is C18H38O2S. The Labute approximate surface area is 137 Å². The zero-order valence-electron chi connectivity index (χ0n) is 14.6. The molecule has 0 aliphatic carbocycles. The predicted molar refractivity (Wildman–Crippen MR) is 96.3 cm³/mol. The number of unbranched alkanes of at least 4 members (excludes halogenated alkanes) is 9. The first-order chi connectivity index (χ1) is 10.2. The number of aliphatic hydroxyl groups is 1. The number of aliphatic hydroxyl groups excluding tert-OH is 1. The van der Waals surface area contributed by atoms with E-state index in [0.717, 1.165) is 5.75 Å². The Balaban J connectivity index is 3.08. The van der Waals surface area contributed by atoms with Crippen molar-refractivity contribution in [3.05, 3.63) is 0 Å². The molecule has 0 fully saturated rings. The molecule has 0 saturated carbocycles. The van der Waals surface area contributed by atoms with Gasteiger partial charge in [-0.05, 0) is 26.0 Å². The lowest BCUT2D eigenvalue weighted by molar-refractivity contribution is 0.0152. The van der Waals surface area contributed by atoms with E-state index in [1.54, 1.807) is 0 Å². The van der Waals surface area contributed by atoms with Crippen molar-refractivity contribution in [2.24, 2.45) is 0 Å². The van der Waals surface area contributed by atoms with Crippen molar-refractivity contribution >= 4 is 11.8 Å². The zero-order valence-corrected chi connectivity index (χ0v) is 15.4. The molecule has 0 radical (unpaired) electrons. The van der Waals surface area contributed by atoms with E-state index < -0.39 is 0 Å². The number of hydrogen-bond acceptors (Lipinski definition) is 3. The molecule has 0 aliphatic rings. The molecule has 0 aromatic carbocycles. The lowest BCUT2D eigenvalue weighted by Gasteiger charge is -2.13. The molecule has 0 saturated heterocycles. The average molecular weight is 319 g/mol. The topological polar surface area (TPSA) is 29.5 Å². The van der Waals surface area contributed by atoms with E-state index >= 15 is 0 Å². The van der Waals surface area contributed by atoms with Crippen molar-refractivity contribution in [3.63, 3.8) is 0 Å². The van der Waals surface area contributed by atoms with Gasteiger partial charge in [-0.1, -0.05) is 64.7 Å². The number of thioether (sulfide) groups is 1. The van der Waals surface area contributed by atoms with Crippen LogP contribution < -0.4 is 0 Å². The summed E-state index contributed by atoms with van der Waals surface area (Å²) in [7, 11) is 0. The van der Waals surface area contributed by atoms with Crippen molar-refractivity contribution in [3.8, 4) is 0 Å². The first-order valence-corrected chi connectivity index (χ1v) is 10.2. The monoisotopic (exact) mass is 318 g/mol. The van der Waals surface area contributed by atoms with Crippen LogP contribution >= 0.6 is 11.8 Å². The minimum atomic E-state index is -0.305. The molecule has 0 amide bonds. The number of ether oxygens (including phenoxy) is 1. The molecule has 21 heavy (non-hydrogen) atoms. The minimum Gasteiger partial charge on any atom is -0.390 e. The van der Waals surface area contributed by atoms with Gasteiger partial charge in [-0.25, -0.2) is 0 Å². The lowest BCUT2D eigenvalue weighted by atomic mass is 10.1. The van der Waals surface area contributed by atoms with Crippen LogP contribution in [0.2, 0.25) is 0 Å². The van der Waals surface area contributed by atoms with Gasteiger partial charge in [-0.15, -0.1) is 0 Å². The second kappa shape index (κ2) is 16.6. The molecule has 128 valence electrons. The van der Waals surface area contributed by atoms with E-state index in [4.69, 9.17) is 4.74 Å². The molecule has 0 aromatic heterocycles. The Bertz CT molecular complexity index is 198. The number of hydrogen-bond donors (Lipinski definition) is 1. The van der Waals surface area contributed by atoms with Crippen LogP contribution in [-0.4, -0.2) is 35.4 Å². The van der Waals surface area contributed by atoms with Crippen LogP contribution in [0.4, 0.5) is 0 Å². The van der Waals surface area contributed by atoms with Crippen molar-refractivity contribution in [1.82, 2.24) is 0 Å². The third-order valence-corrected chi connectivity index (χ3v) is 4.77. The summed E-state index contributed by atoms with van der Waals surface area (Å²) in [5.74, 6) is 1.99. The van der Waals surface area contributed by atoms with E-state index in [1.807, 2.05) is 25.6 Å². The van der Waals surface area contributed by atoms with Gasteiger partial charge in [-0.2, -0.15) is 11.8 Å². The van der Waals surface area contributed by atoms with Gasteiger partial charge in [0.1, 0.15) is 0 Å². The molecule has 1 unspecified atom stereocenters. The van der Waals surface area contributed by atoms with Crippen molar-refractivity contribution < 1.29 is 9.84 Å². The lowest BCUT2D eigenvalue weighted by Crippen LogP contribution is -2.20. The molecular weight excluding hydrogens is 280 g/mol. The van der Waals surface area contributed by atoms with Crippen LogP contribution in [0.1, 0.15) is 85.0 Å². The molecule has 1 atom stereocenters. The molecule has 0 aliphatic heterocycles. The zero-order chi connectivity index (χ0) is 15.8. The van der Waals surface area contributed by atoms with Crippen LogP contribution in [0, 0.1) is 0 Å². The van der Waals surface area contributed by atoms with Gasteiger partial charge in [0.25, 0.3) is 0 Å². The van der Waals surface area contributed by atoms with Crippen LogP contribution in [0.5, 0.6) is 0 Å². The Hall–Kier alpha value is 0.270. The Morgan fingerprint density at radius 2 is 1.38 bits per heavy atom. The largest absolute Gasteiger partial charge is 0.390 e. The average Bonchev–Trinajstić information content (AvgIpc) is 2.46. The minimum absolute atomic E-state index is 0.214. The molecule has 2 nitrogen and oxygen atoms in total. The molecule has 3 heteroatoms. The SMILES string of the molecule is CCCCCCCCCCCCSCC(O)COC(C)C. The summed E-state index contributed by atoms with van der Waals surface area (Å²) in [4.78, 5) is 0. The highest BCUT2D eigenvalue weighted by molar-refractivity contribution is 7.99. The Morgan fingerprint density at radius 1 is 0.857 bits per heavy atom. The maximum Gasteiger partial charge on any atom is 0.0863 e. The molecule has 0 heterocycles. The normalized spacial score (nSPS) is 13.0. The maximum atomic E-state index is 9.71. The molecule has 1 N–H and O–H groups in total. The molecule has 0 rings (SSSR count). The second-order valence-electron chi connectivity index (χ2n) is 6.29. The Kier molecular flexibility index (Phi) is 16.9. The van der Waals surface area contributed by atoms with Crippen molar-refractivity contribution in [1.29, 1.82) is 0 Å². The second-order valence-corrected chi connectivity index (χ2v) is 7.44. The van der Waals surface area contributed by atoms with Gasteiger partial charge in [-0.3, -0.25) is 0 Å². The van der Waals surface area contributed by atoms with Gasteiger partial charge in [0.15, 0.2) is 0 Å². The summed E-state index contributed by atoms with van der Waals surface area (Å²) >= 11 is 1.86. The van der Waals surface area contributed by atoms with Gasteiger partial charge in [0, 0.05) is 5.75 Å². The fourth-order valence-electron chi connectivity index (χ4n) is 2.26. The fraction of sp³-hybridized carbons (Fsp3) is 1.00. The molecule has 0 spiro atoms. The van der Waals surface area contributed by atoms with E-state index in [9.17, 15) is 5.11 Å². The van der Waals surface area contributed by atoms with E-state index in [1.165, 1.54) is 70.0 Å². The summed E-state index contributed by atoms with van der Waals surface area (Å²) in [5, 5.41) is 9.71. The first kappa shape index (κ1) is 21.3. The molecule has 0 bridgehead atoms. The van der Waals surface area contributed by atoms with Crippen LogP contribution in [0.3, 0.4) is 0 Å². The predicted octanol–water partition coefficient (Wildman–Crippen LogP) is 5.43. The van der Waals surface area contributed by atoms with Crippen LogP contribution in [0.15, 0.2) is 0 Å².